The number of benzene rings is 2. The van der Waals surface area contributed by atoms with Gasteiger partial charge in [0, 0.05) is 16.1 Å². The largest absolute Gasteiger partial charge is 0.457 e. The highest BCUT2D eigenvalue weighted by molar-refractivity contribution is 9.10. The molecule has 0 atom stereocenters. The van der Waals surface area contributed by atoms with E-state index < -0.39 is 17.6 Å². The maximum atomic E-state index is 13.0. The Morgan fingerprint density at radius 3 is 2.50 bits per heavy atom. The van der Waals surface area contributed by atoms with E-state index in [0.29, 0.717) is 11.5 Å². The van der Waals surface area contributed by atoms with Crippen molar-refractivity contribution < 1.29 is 22.4 Å². The number of halogens is 4. The van der Waals surface area contributed by atoms with Crippen LogP contribution in [0.15, 0.2) is 74.5 Å². The zero-order chi connectivity index (χ0) is 21.5. The number of hydrogen-bond donors (Lipinski definition) is 0. The third-order valence-electron chi connectivity index (χ3n) is 4.25. The van der Waals surface area contributed by atoms with Crippen LogP contribution in [0.5, 0.6) is 0 Å². The Morgan fingerprint density at radius 1 is 1.07 bits per heavy atom. The van der Waals surface area contributed by atoms with Gasteiger partial charge in [-0.15, -0.1) is 0 Å². The van der Waals surface area contributed by atoms with Crippen LogP contribution in [-0.2, 0) is 11.0 Å². The smallest absolute Gasteiger partial charge is 0.416 e. The fourth-order valence-corrected chi connectivity index (χ4v) is 4.38. The van der Waals surface area contributed by atoms with Crippen molar-refractivity contribution in [1.29, 1.82) is 0 Å². The van der Waals surface area contributed by atoms with Gasteiger partial charge >= 0.3 is 6.18 Å². The number of thioether (sulfide) groups is 1. The van der Waals surface area contributed by atoms with Crippen LogP contribution in [0.2, 0.25) is 0 Å². The maximum absolute atomic E-state index is 13.0. The molecule has 0 radical (unpaired) electrons. The van der Waals surface area contributed by atoms with Crippen molar-refractivity contribution in [2.45, 2.75) is 6.18 Å². The molecule has 1 aromatic heterocycles. The van der Waals surface area contributed by atoms with Crippen molar-refractivity contribution in [2.75, 3.05) is 4.90 Å². The van der Waals surface area contributed by atoms with Gasteiger partial charge in [0.1, 0.15) is 11.5 Å². The molecule has 0 aliphatic carbocycles. The molecule has 2 heterocycles. The van der Waals surface area contributed by atoms with Crippen LogP contribution >= 0.6 is 39.9 Å². The van der Waals surface area contributed by atoms with E-state index in [4.69, 9.17) is 16.6 Å². The number of hydrogen-bond acceptors (Lipinski definition) is 4. The van der Waals surface area contributed by atoms with Crippen molar-refractivity contribution in [2.24, 2.45) is 0 Å². The third-order valence-corrected chi connectivity index (χ3v) is 6.09. The zero-order valence-corrected chi connectivity index (χ0v) is 18.2. The quantitative estimate of drug-likeness (QED) is 0.277. The van der Waals surface area contributed by atoms with Crippen molar-refractivity contribution in [1.82, 2.24) is 0 Å². The van der Waals surface area contributed by atoms with E-state index in [1.807, 2.05) is 24.3 Å². The number of alkyl halides is 3. The molecule has 1 saturated heterocycles. The monoisotopic (exact) mass is 509 g/mol. The van der Waals surface area contributed by atoms with Crippen LogP contribution in [0.25, 0.3) is 17.4 Å². The van der Waals surface area contributed by atoms with Crippen LogP contribution < -0.4 is 4.90 Å². The van der Waals surface area contributed by atoms with Crippen LogP contribution in [0, 0.1) is 0 Å². The lowest BCUT2D eigenvalue weighted by molar-refractivity contribution is -0.137. The molecule has 4 rings (SSSR count). The number of furan rings is 1. The minimum absolute atomic E-state index is 0.0747. The number of carbonyl (C=O) groups excluding carboxylic acids is 1. The minimum Gasteiger partial charge on any atom is -0.457 e. The molecule has 1 fully saturated rings. The maximum Gasteiger partial charge on any atom is 0.416 e. The van der Waals surface area contributed by atoms with Crippen LogP contribution in [-0.4, -0.2) is 10.2 Å². The van der Waals surface area contributed by atoms with Crippen molar-refractivity contribution in [3.8, 4) is 11.3 Å². The average Bonchev–Trinajstić information content (AvgIpc) is 3.26. The number of anilines is 1. The molecule has 1 aliphatic rings. The predicted molar refractivity (Wildman–Crippen MR) is 119 cm³/mol. The molecule has 2 aromatic carbocycles. The minimum atomic E-state index is -4.51. The molecule has 1 aliphatic heterocycles. The number of amides is 1. The molecule has 30 heavy (non-hydrogen) atoms. The van der Waals surface area contributed by atoms with Gasteiger partial charge in [-0.05, 0) is 42.5 Å². The molecular formula is C21H11BrF3NO2S2. The lowest BCUT2D eigenvalue weighted by Crippen LogP contribution is -2.27. The van der Waals surface area contributed by atoms with Gasteiger partial charge in [0.2, 0.25) is 0 Å². The molecule has 3 aromatic rings. The van der Waals surface area contributed by atoms with E-state index in [-0.39, 0.29) is 14.9 Å². The topological polar surface area (TPSA) is 33.5 Å². The van der Waals surface area contributed by atoms with Crippen molar-refractivity contribution in [3.05, 3.63) is 81.4 Å². The molecule has 0 bridgehead atoms. The fraction of sp³-hybridized carbons (Fsp3) is 0.0476. The van der Waals surface area contributed by atoms with E-state index >= 15 is 0 Å². The summed E-state index contributed by atoms with van der Waals surface area (Å²) in [6, 6.07) is 15.6. The molecular weight excluding hydrogens is 499 g/mol. The molecule has 0 saturated carbocycles. The standard InChI is InChI=1S/C21H11BrF3NO2S2/c22-14-6-4-12(5-7-14)17-9-8-16(28-17)11-18-19(27)26(20(29)30-18)15-3-1-2-13(10-15)21(23,24)25/h1-11H/b18-11-. The SMILES string of the molecule is O=C1/C(=C/c2ccc(-c3ccc(Br)cc3)o2)SC(=S)N1c1cccc(C(F)(F)F)c1. The van der Waals surface area contributed by atoms with Gasteiger partial charge in [0.05, 0.1) is 16.2 Å². The lowest BCUT2D eigenvalue weighted by Gasteiger charge is -2.16. The molecule has 0 unspecified atom stereocenters. The highest BCUT2D eigenvalue weighted by atomic mass is 79.9. The van der Waals surface area contributed by atoms with E-state index in [2.05, 4.69) is 15.9 Å². The number of nitrogens with zero attached hydrogens (tertiary/aromatic N) is 1. The first-order valence-electron chi connectivity index (χ1n) is 8.53. The summed E-state index contributed by atoms with van der Waals surface area (Å²) in [5, 5.41) is 0. The van der Waals surface area contributed by atoms with E-state index in [1.54, 1.807) is 12.1 Å². The Balaban J connectivity index is 1.60. The highest BCUT2D eigenvalue weighted by Crippen LogP contribution is 2.38. The van der Waals surface area contributed by atoms with E-state index in [1.165, 1.54) is 18.2 Å². The zero-order valence-electron chi connectivity index (χ0n) is 14.9. The van der Waals surface area contributed by atoms with Crippen molar-refractivity contribution in [3.63, 3.8) is 0 Å². The third kappa shape index (κ3) is 4.23. The summed E-state index contributed by atoms with van der Waals surface area (Å²) in [5.41, 5.74) is 0.100. The van der Waals surface area contributed by atoms with Crippen LogP contribution in [0.3, 0.4) is 0 Å². The number of rotatable bonds is 3. The fourth-order valence-electron chi connectivity index (χ4n) is 2.84. The van der Waals surface area contributed by atoms with Gasteiger partial charge in [-0.1, -0.05) is 58.1 Å². The van der Waals surface area contributed by atoms with Gasteiger partial charge in [0.15, 0.2) is 4.32 Å². The Bertz CT molecular complexity index is 1170. The van der Waals surface area contributed by atoms with Crippen LogP contribution in [0.4, 0.5) is 18.9 Å². The van der Waals surface area contributed by atoms with E-state index in [9.17, 15) is 18.0 Å². The Kier molecular flexibility index (Phi) is 5.61. The Labute approximate surface area is 187 Å². The summed E-state index contributed by atoms with van der Waals surface area (Å²) in [4.78, 5) is 14.2. The first kappa shape index (κ1) is 20.9. The summed E-state index contributed by atoms with van der Waals surface area (Å²) < 4.78 is 45.9. The highest BCUT2D eigenvalue weighted by Gasteiger charge is 2.36. The normalized spacial score (nSPS) is 16.0. The molecule has 1 amide bonds. The summed E-state index contributed by atoms with van der Waals surface area (Å²) >= 11 is 9.62. The second-order valence-corrected chi connectivity index (χ2v) is 8.87. The van der Waals surface area contributed by atoms with Gasteiger partial charge in [-0.25, -0.2) is 0 Å². The number of thiocarbonyl (C=S) groups is 1. The molecule has 0 N–H and O–H groups in total. The molecule has 3 nitrogen and oxygen atoms in total. The summed E-state index contributed by atoms with van der Waals surface area (Å²) in [6.45, 7) is 0. The van der Waals surface area contributed by atoms with Gasteiger partial charge in [-0.2, -0.15) is 13.2 Å². The molecule has 0 spiro atoms. The summed E-state index contributed by atoms with van der Waals surface area (Å²) in [6.07, 6.45) is -2.97. The van der Waals surface area contributed by atoms with Gasteiger partial charge in [0.25, 0.3) is 5.91 Å². The molecule has 9 heteroatoms. The first-order valence-corrected chi connectivity index (χ1v) is 10.6. The summed E-state index contributed by atoms with van der Waals surface area (Å²) in [5.74, 6) is 0.575. The molecule has 152 valence electrons. The second-order valence-electron chi connectivity index (χ2n) is 6.27. The van der Waals surface area contributed by atoms with Crippen LogP contribution in [0.1, 0.15) is 11.3 Å². The van der Waals surface area contributed by atoms with Gasteiger partial charge < -0.3 is 4.42 Å². The number of carbonyl (C=O) groups is 1. The predicted octanol–water partition coefficient (Wildman–Crippen LogP) is 7.13. The lowest BCUT2D eigenvalue weighted by atomic mass is 10.2. The van der Waals surface area contributed by atoms with E-state index in [0.717, 1.165) is 38.8 Å². The van der Waals surface area contributed by atoms with Gasteiger partial charge in [-0.3, -0.25) is 9.69 Å². The average molecular weight is 510 g/mol. The Hall–Kier alpha value is -2.36. The Morgan fingerprint density at radius 2 is 1.80 bits per heavy atom. The van der Waals surface area contributed by atoms with Crippen molar-refractivity contribution >= 4 is 61.9 Å². The second kappa shape index (κ2) is 8.05. The first-order chi connectivity index (χ1) is 14.2. The summed E-state index contributed by atoms with van der Waals surface area (Å²) in [7, 11) is 0.